The second-order valence-corrected chi connectivity index (χ2v) is 5.41. The molecule has 2 aromatic rings. The zero-order valence-corrected chi connectivity index (χ0v) is 13.1. The predicted octanol–water partition coefficient (Wildman–Crippen LogP) is 2.41. The molecule has 0 saturated carbocycles. The van der Waals surface area contributed by atoms with Gasteiger partial charge in [0.1, 0.15) is 5.69 Å². The average molecular weight is 295 g/mol. The minimum Gasteiger partial charge on any atom is -0.493 e. The first-order valence-corrected chi connectivity index (χ1v) is 7.54. The highest BCUT2D eigenvalue weighted by Crippen LogP contribution is 2.31. The molecule has 0 aliphatic carbocycles. The van der Waals surface area contributed by atoms with Gasteiger partial charge in [0, 0.05) is 6.04 Å². The molecule has 7 heteroatoms. The summed E-state index contributed by atoms with van der Waals surface area (Å²) < 4.78 is 15.9. The molecule has 110 valence electrons. The number of hydrogen-bond donors (Lipinski definition) is 1. The summed E-state index contributed by atoms with van der Waals surface area (Å²) in [6.45, 7) is 7.24. The standard InChI is InChI=1S/C13H21N5OS/c1-5-6-14-12(10-7-16-20-17-10)13-11(19-4)8-15-18(13)9(2)3/h7-9,12,14H,5-6H2,1-4H3. The highest BCUT2D eigenvalue weighted by molar-refractivity contribution is 6.99. The van der Waals surface area contributed by atoms with Crippen LogP contribution in [0.1, 0.15) is 50.7 Å². The average Bonchev–Trinajstić information content (AvgIpc) is 3.08. The molecule has 0 spiro atoms. The van der Waals surface area contributed by atoms with Gasteiger partial charge in [0.25, 0.3) is 0 Å². The van der Waals surface area contributed by atoms with E-state index in [-0.39, 0.29) is 12.1 Å². The number of ether oxygens (including phenoxy) is 1. The first-order chi connectivity index (χ1) is 9.69. The van der Waals surface area contributed by atoms with E-state index in [0.717, 1.165) is 30.1 Å². The molecule has 0 bridgehead atoms. The van der Waals surface area contributed by atoms with Crippen LogP contribution in [0.3, 0.4) is 0 Å². The van der Waals surface area contributed by atoms with Crippen LogP contribution in [0.2, 0.25) is 0 Å². The first-order valence-electron chi connectivity index (χ1n) is 6.81. The molecule has 6 nitrogen and oxygen atoms in total. The van der Waals surface area contributed by atoms with Crippen molar-refractivity contribution in [3.05, 3.63) is 23.8 Å². The maximum Gasteiger partial charge on any atom is 0.162 e. The molecule has 0 aliphatic rings. The predicted molar refractivity (Wildman–Crippen MR) is 79.2 cm³/mol. The van der Waals surface area contributed by atoms with E-state index in [0.29, 0.717) is 0 Å². The summed E-state index contributed by atoms with van der Waals surface area (Å²) in [6, 6.07) is 0.208. The van der Waals surface area contributed by atoms with Gasteiger partial charge in [-0.1, -0.05) is 6.92 Å². The van der Waals surface area contributed by atoms with Crippen molar-refractivity contribution in [1.82, 2.24) is 23.8 Å². The summed E-state index contributed by atoms with van der Waals surface area (Å²) in [4.78, 5) is 0. The van der Waals surface area contributed by atoms with Crippen LogP contribution in [0.5, 0.6) is 5.75 Å². The molecule has 20 heavy (non-hydrogen) atoms. The number of nitrogens with zero attached hydrogens (tertiary/aromatic N) is 4. The minimum absolute atomic E-state index is 0.0476. The molecule has 0 radical (unpaired) electrons. The topological polar surface area (TPSA) is 64.9 Å². The number of aromatic nitrogens is 4. The van der Waals surface area contributed by atoms with E-state index in [1.165, 1.54) is 11.7 Å². The van der Waals surface area contributed by atoms with Crippen LogP contribution in [-0.2, 0) is 0 Å². The van der Waals surface area contributed by atoms with Gasteiger partial charge in [-0.15, -0.1) is 0 Å². The molecule has 0 aromatic carbocycles. The van der Waals surface area contributed by atoms with Gasteiger partial charge in [0.2, 0.25) is 0 Å². The van der Waals surface area contributed by atoms with Gasteiger partial charge in [-0.25, -0.2) is 0 Å². The van der Waals surface area contributed by atoms with Crippen molar-refractivity contribution in [2.24, 2.45) is 0 Å². The second kappa shape index (κ2) is 6.81. The molecule has 0 fully saturated rings. The molecule has 0 saturated heterocycles. The second-order valence-electron chi connectivity index (χ2n) is 4.86. The molecule has 1 atom stereocenters. The third kappa shape index (κ3) is 2.99. The van der Waals surface area contributed by atoms with E-state index < -0.39 is 0 Å². The summed E-state index contributed by atoms with van der Waals surface area (Å²) in [6.07, 6.45) is 4.61. The molecule has 2 aromatic heterocycles. The Hall–Kier alpha value is -1.47. The van der Waals surface area contributed by atoms with Crippen LogP contribution in [0.15, 0.2) is 12.4 Å². The van der Waals surface area contributed by atoms with Crippen LogP contribution in [0.4, 0.5) is 0 Å². The molecule has 2 rings (SSSR count). The van der Waals surface area contributed by atoms with Crippen LogP contribution in [0.25, 0.3) is 0 Å². The van der Waals surface area contributed by atoms with Gasteiger partial charge in [0.05, 0.1) is 43.0 Å². The lowest BCUT2D eigenvalue weighted by molar-refractivity contribution is 0.392. The number of methoxy groups -OCH3 is 1. The Morgan fingerprint density at radius 3 is 2.75 bits per heavy atom. The van der Waals surface area contributed by atoms with Crippen LogP contribution in [-0.4, -0.2) is 32.2 Å². The fourth-order valence-corrected chi connectivity index (χ4v) is 2.58. The molecule has 2 heterocycles. The smallest absolute Gasteiger partial charge is 0.162 e. The van der Waals surface area contributed by atoms with Crippen molar-refractivity contribution in [1.29, 1.82) is 0 Å². The van der Waals surface area contributed by atoms with E-state index in [2.05, 4.69) is 39.9 Å². The maximum absolute atomic E-state index is 5.47. The zero-order chi connectivity index (χ0) is 14.5. The highest BCUT2D eigenvalue weighted by atomic mass is 32.1. The number of hydrogen-bond acceptors (Lipinski definition) is 6. The fraction of sp³-hybridized carbons (Fsp3) is 0.615. The monoisotopic (exact) mass is 295 g/mol. The van der Waals surface area contributed by atoms with Gasteiger partial charge in [-0.3, -0.25) is 4.68 Å². The Kier molecular flexibility index (Phi) is 5.08. The Labute approximate surface area is 123 Å². The number of nitrogens with one attached hydrogen (secondary N) is 1. The summed E-state index contributed by atoms with van der Waals surface area (Å²) in [5.74, 6) is 0.778. The van der Waals surface area contributed by atoms with E-state index in [1.807, 2.05) is 4.68 Å². The third-order valence-electron chi connectivity index (χ3n) is 3.05. The van der Waals surface area contributed by atoms with Gasteiger partial charge in [-0.05, 0) is 26.8 Å². The molecular weight excluding hydrogens is 274 g/mol. The van der Waals surface area contributed by atoms with E-state index in [1.54, 1.807) is 19.5 Å². The fourth-order valence-electron chi connectivity index (χ4n) is 2.13. The van der Waals surface area contributed by atoms with Crippen molar-refractivity contribution in [3.63, 3.8) is 0 Å². The van der Waals surface area contributed by atoms with Crippen LogP contribution in [0, 0.1) is 0 Å². The lowest BCUT2D eigenvalue weighted by Gasteiger charge is -2.20. The van der Waals surface area contributed by atoms with Crippen molar-refractivity contribution in [2.75, 3.05) is 13.7 Å². The highest BCUT2D eigenvalue weighted by Gasteiger charge is 2.26. The van der Waals surface area contributed by atoms with Crippen LogP contribution < -0.4 is 10.1 Å². The van der Waals surface area contributed by atoms with E-state index in [9.17, 15) is 0 Å². The van der Waals surface area contributed by atoms with Crippen LogP contribution >= 0.6 is 11.7 Å². The summed E-state index contributed by atoms with van der Waals surface area (Å²) in [7, 11) is 1.67. The van der Waals surface area contributed by atoms with Gasteiger partial charge >= 0.3 is 0 Å². The number of rotatable bonds is 7. The summed E-state index contributed by atoms with van der Waals surface area (Å²) in [5, 5.41) is 7.94. The SMILES string of the molecule is CCCNC(c1cnsn1)c1c(OC)cnn1C(C)C. The summed E-state index contributed by atoms with van der Waals surface area (Å²) >= 11 is 1.22. The van der Waals surface area contributed by atoms with E-state index >= 15 is 0 Å². The van der Waals surface area contributed by atoms with Crippen molar-refractivity contribution < 1.29 is 4.74 Å². The van der Waals surface area contributed by atoms with Gasteiger partial charge in [-0.2, -0.15) is 13.8 Å². The van der Waals surface area contributed by atoms with Crippen molar-refractivity contribution >= 4 is 11.7 Å². The molecular formula is C13H21N5OS. The molecule has 1 N–H and O–H groups in total. The van der Waals surface area contributed by atoms with Gasteiger partial charge < -0.3 is 10.1 Å². The van der Waals surface area contributed by atoms with E-state index in [4.69, 9.17) is 4.74 Å². The Balaban J connectivity index is 2.44. The van der Waals surface area contributed by atoms with Crippen molar-refractivity contribution in [2.45, 2.75) is 39.3 Å². The molecule has 0 aliphatic heterocycles. The Morgan fingerprint density at radius 1 is 1.40 bits per heavy atom. The summed E-state index contributed by atoms with van der Waals surface area (Å²) in [5.41, 5.74) is 1.91. The molecule has 1 unspecified atom stereocenters. The largest absolute Gasteiger partial charge is 0.493 e. The normalized spacial score (nSPS) is 12.8. The Bertz CT molecular complexity index is 523. The lowest BCUT2D eigenvalue weighted by atomic mass is 10.1. The van der Waals surface area contributed by atoms with Crippen molar-refractivity contribution in [3.8, 4) is 5.75 Å². The molecule has 0 amide bonds. The maximum atomic E-state index is 5.47. The zero-order valence-electron chi connectivity index (χ0n) is 12.3. The quantitative estimate of drug-likeness (QED) is 0.850. The third-order valence-corrected chi connectivity index (χ3v) is 3.55. The lowest BCUT2D eigenvalue weighted by Crippen LogP contribution is -2.27. The van der Waals surface area contributed by atoms with Gasteiger partial charge in [0.15, 0.2) is 5.75 Å². The first kappa shape index (κ1) is 14.9. The minimum atomic E-state index is -0.0476. The Morgan fingerprint density at radius 2 is 2.20 bits per heavy atom.